The molecule has 1 saturated heterocycles. The van der Waals surface area contributed by atoms with Gasteiger partial charge in [0.25, 0.3) is 11.8 Å². The van der Waals surface area contributed by atoms with Gasteiger partial charge in [-0.2, -0.15) is 0 Å². The smallest absolute Gasteiger partial charge is 0.253 e. The Hall–Kier alpha value is -4.87. The van der Waals surface area contributed by atoms with E-state index in [9.17, 15) is 33.6 Å². The molecule has 2 heterocycles. The predicted octanol–water partition coefficient (Wildman–Crippen LogP) is 3.21. The Labute approximate surface area is 462 Å². The predicted molar refractivity (Wildman–Crippen MR) is 291 cm³/mol. The van der Waals surface area contributed by atoms with Crippen molar-refractivity contribution >= 4 is 41.4 Å². The highest BCUT2D eigenvalue weighted by molar-refractivity contribution is 6.12. The van der Waals surface area contributed by atoms with Crippen LogP contribution in [0.25, 0.3) is 0 Å². The van der Waals surface area contributed by atoms with Gasteiger partial charge in [-0.1, -0.05) is 71.4 Å². The van der Waals surface area contributed by atoms with E-state index < -0.39 is 47.6 Å². The molecule has 7 amide bonds. The molecule has 2 fully saturated rings. The van der Waals surface area contributed by atoms with E-state index in [0.29, 0.717) is 85.4 Å². The molecule has 3 N–H and O–H groups in total. The van der Waals surface area contributed by atoms with Crippen molar-refractivity contribution < 1.29 is 71.5 Å². The Morgan fingerprint density at radius 3 is 1.81 bits per heavy atom. The summed E-state index contributed by atoms with van der Waals surface area (Å²) in [4.78, 5) is 96.9. The first-order valence-corrected chi connectivity index (χ1v) is 27.9. The normalized spacial score (nSPS) is 18.4. The van der Waals surface area contributed by atoms with Gasteiger partial charge in [0.1, 0.15) is 11.6 Å². The summed E-state index contributed by atoms with van der Waals surface area (Å²) >= 11 is 0. The quantitative estimate of drug-likeness (QED) is 0.0632. The summed E-state index contributed by atoms with van der Waals surface area (Å²) < 4.78 is 45.0. The number of likely N-dealkylation sites (tertiary alicyclic amines) is 1. The van der Waals surface area contributed by atoms with Crippen LogP contribution in [-0.4, -0.2) is 212 Å². The number of ether oxygens (including phenoxy) is 8. The third-order valence-electron chi connectivity index (χ3n) is 15.0. The molecule has 0 aromatic heterocycles. The molecule has 4 rings (SSSR count). The topological polar surface area (TPSA) is 239 Å². The molecule has 78 heavy (non-hydrogen) atoms. The van der Waals surface area contributed by atoms with E-state index in [1.54, 1.807) is 40.0 Å². The molecule has 6 unspecified atom stereocenters. The monoisotopic (exact) mass is 1100 g/mol. The van der Waals surface area contributed by atoms with Crippen molar-refractivity contribution in [2.75, 3.05) is 120 Å². The lowest BCUT2D eigenvalue weighted by atomic mass is 9.89. The zero-order valence-corrected chi connectivity index (χ0v) is 48.2. The summed E-state index contributed by atoms with van der Waals surface area (Å²) in [5.41, 5.74) is -0.190. The number of hydrogen-bond acceptors (Lipinski definition) is 15. The van der Waals surface area contributed by atoms with Gasteiger partial charge < -0.3 is 63.6 Å². The van der Waals surface area contributed by atoms with Crippen LogP contribution >= 0.6 is 0 Å². The van der Waals surface area contributed by atoms with Gasteiger partial charge in [-0.05, 0) is 56.9 Å². The van der Waals surface area contributed by atoms with Crippen LogP contribution in [0.2, 0.25) is 0 Å². The van der Waals surface area contributed by atoms with E-state index in [0.717, 1.165) is 24.2 Å². The maximum Gasteiger partial charge on any atom is 0.253 e. The van der Waals surface area contributed by atoms with Crippen molar-refractivity contribution in [2.45, 2.75) is 135 Å². The van der Waals surface area contributed by atoms with Crippen LogP contribution in [0, 0.1) is 17.8 Å². The van der Waals surface area contributed by atoms with Crippen molar-refractivity contribution in [1.29, 1.82) is 0 Å². The fraction of sp³-hybridized carbons (Fsp3) is 0.737. The van der Waals surface area contributed by atoms with Gasteiger partial charge in [0.05, 0.1) is 122 Å². The number of methoxy groups -OCH3 is 2. The Balaban J connectivity index is 1.13. The highest BCUT2D eigenvalue weighted by atomic mass is 16.6. The molecule has 21 heteroatoms. The standard InChI is InChI=1S/C57H92N6O15/c1-11-41(4)51(45(71-9)38-49(67)62-24-15-18-44(62)52(72-10)42(5)53(68)58-39-57(22-23-57)43-16-13-12-14-17-43)61(8)54(69)50(40(2)3)59-55(70)56(6,7)60-46(64)21-26-73-28-30-75-32-34-77-36-37-78-35-33-76-31-29-74-27-25-63-47(65)19-20-48(63)66/h12-14,16-17,19-20,40-42,44-45,50-52H,11,15,18,21-39H2,1-10H3,(H,58,68)(H,59,70)(H,60,64)/t41?,42?,44-,45?,50?,51?,52?/m0/s1. The number of benzene rings is 1. The lowest BCUT2D eigenvalue weighted by Gasteiger charge is -2.41. The molecule has 0 bridgehead atoms. The van der Waals surface area contributed by atoms with Crippen molar-refractivity contribution in [1.82, 2.24) is 30.7 Å². The van der Waals surface area contributed by atoms with Crippen molar-refractivity contribution in [3.05, 3.63) is 48.0 Å². The van der Waals surface area contributed by atoms with Crippen LogP contribution in [0.4, 0.5) is 0 Å². The van der Waals surface area contributed by atoms with Gasteiger partial charge in [0.2, 0.25) is 29.5 Å². The van der Waals surface area contributed by atoms with E-state index in [4.69, 9.17) is 37.9 Å². The second-order valence-electron chi connectivity index (χ2n) is 21.4. The molecule has 7 atom stereocenters. The number of likely N-dealkylation sites (N-methyl/N-ethyl adjacent to an activating group) is 1. The zero-order valence-electron chi connectivity index (χ0n) is 48.2. The van der Waals surface area contributed by atoms with Crippen molar-refractivity contribution in [2.24, 2.45) is 17.8 Å². The second-order valence-corrected chi connectivity index (χ2v) is 21.4. The zero-order chi connectivity index (χ0) is 57.3. The highest BCUT2D eigenvalue weighted by Crippen LogP contribution is 2.47. The van der Waals surface area contributed by atoms with Gasteiger partial charge >= 0.3 is 0 Å². The number of amides is 7. The maximum absolute atomic E-state index is 14.5. The minimum atomic E-state index is -1.37. The molecule has 1 saturated carbocycles. The van der Waals surface area contributed by atoms with Crippen LogP contribution in [0.15, 0.2) is 42.5 Å². The summed E-state index contributed by atoms with van der Waals surface area (Å²) in [5, 5.41) is 8.88. The van der Waals surface area contributed by atoms with Crippen molar-refractivity contribution in [3.8, 4) is 0 Å². The lowest BCUT2D eigenvalue weighted by Crippen LogP contribution is -2.62. The Bertz CT molecular complexity index is 2050. The summed E-state index contributed by atoms with van der Waals surface area (Å²) in [5.74, 6) is -3.14. The lowest BCUT2D eigenvalue weighted by molar-refractivity contribution is -0.148. The summed E-state index contributed by atoms with van der Waals surface area (Å²) in [6.45, 7) is 17.8. The SMILES string of the molecule is CCC(C)C(C(CC(=O)N1CCC[C@H]1C(OC)C(C)C(=O)NCC1(c2ccccc2)CC1)OC)N(C)C(=O)C(NC(=O)C(C)(C)NC(=O)CCOCCOCCOCCOCCOCCOCCN1C(=O)C=CC1=O)C(C)C. The maximum atomic E-state index is 14.5. The molecule has 2 aliphatic heterocycles. The number of carbonyl (C=O) groups is 7. The van der Waals surface area contributed by atoms with Gasteiger partial charge in [0, 0.05) is 58.3 Å². The molecule has 0 spiro atoms. The minimum Gasteiger partial charge on any atom is -0.379 e. The largest absolute Gasteiger partial charge is 0.379 e. The minimum absolute atomic E-state index is 0.000649. The van der Waals surface area contributed by atoms with Crippen LogP contribution in [0.3, 0.4) is 0 Å². The van der Waals surface area contributed by atoms with Gasteiger partial charge in [-0.15, -0.1) is 0 Å². The van der Waals surface area contributed by atoms with Crippen LogP contribution in [-0.2, 0) is 76.9 Å². The summed E-state index contributed by atoms with van der Waals surface area (Å²) in [7, 11) is 4.81. The average Bonchev–Trinajstić information content (AvgIpc) is 4.00. The van der Waals surface area contributed by atoms with Crippen molar-refractivity contribution in [3.63, 3.8) is 0 Å². The average molecular weight is 1100 g/mol. The summed E-state index contributed by atoms with van der Waals surface area (Å²) in [6.07, 6.45) is 5.42. The fourth-order valence-electron chi connectivity index (χ4n) is 9.93. The Morgan fingerprint density at radius 2 is 1.31 bits per heavy atom. The van der Waals surface area contributed by atoms with Crippen LogP contribution < -0.4 is 16.0 Å². The molecule has 3 aliphatic rings. The Kier molecular flexibility index (Phi) is 28.3. The van der Waals surface area contributed by atoms with E-state index in [-0.39, 0.29) is 92.0 Å². The third kappa shape index (κ3) is 20.3. The molecule has 0 radical (unpaired) electrons. The van der Waals surface area contributed by atoms with E-state index in [2.05, 4.69) is 28.1 Å². The molecular formula is C57H92N6O15. The molecule has 1 aromatic rings. The number of hydrogen-bond donors (Lipinski definition) is 3. The third-order valence-corrected chi connectivity index (χ3v) is 15.0. The first kappa shape index (κ1) is 65.6. The number of nitrogens with one attached hydrogen (secondary N) is 3. The summed E-state index contributed by atoms with van der Waals surface area (Å²) in [6, 6.07) is 8.46. The number of imide groups is 1. The highest BCUT2D eigenvalue weighted by Gasteiger charge is 2.46. The number of carbonyl (C=O) groups excluding carboxylic acids is 7. The number of nitrogens with zero attached hydrogens (tertiary/aromatic N) is 3. The molecule has 440 valence electrons. The van der Waals surface area contributed by atoms with Gasteiger partial charge in [0.15, 0.2) is 0 Å². The second kappa shape index (κ2) is 33.7. The van der Waals surface area contributed by atoms with Crippen LogP contribution in [0.5, 0.6) is 0 Å². The molecule has 21 nitrogen and oxygen atoms in total. The molecule has 1 aliphatic carbocycles. The van der Waals surface area contributed by atoms with E-state index in [1.165, 1.54) is 17.7 Å². The van der Waals surface area contributed by atoms with E-state index >= 15 is 0 Å². The Morgan fingerprint density at radius 1 is 0.769 bits per heavy atom. The van der Waals surface area contributed by atoms with E-state index in [1.807, 2.05) is 57.7 Å². The van der Waals surface area contributed by atoms with Crippen LogP contribution in [0.1, 0.15) is 99.0 Å². The number of rotatable bonds is 40. The first-order chi connectivity index (χ1) is 37.3. The van der Waals surface area contributed by atoms with Gasteiger partial charge in [-0.25, -0.2) is 0 Å². The van der Waals surface area contributed by atoms with Gasteiger partial charge in [-0.3, -0.25) is 38.5 Å². The fourth-order valence-corrected chi connectivity index (χ4v) is 9.93. The molecule has 1 aromatic carbocycles. The first-order valence-electron chi connectivity index (χ1n) is 27.9. The molecular weight excluding hydrogens is 1010 g/mol.